The first-order valence-electron chi connectivity index (χ1n) is 10.4. The molecule has 4 aliphatic carbocycles. The van der Waals surface area contributed by atoms with Gasteiger partial charge in [0.15, 0.2) is 5.79 Å². The molecule has 0 aromatic carbocycles. The van der Waals surface area contributed by atoms with Gasteiger partial charge in [-0.05, 0) is 80.5 Å². The van der Waals surface area contributed by atoms with Gasteiger partial charge in [0, 0.05) is 27.1 Å². The van der Waals surface area contributed by atoms with Crippen LogP contribution >= 0.6 is 0 Å². The highest BCUT2D eigenvalue weighted by Crippen LogP contribution is 2.64. The molecular formula is C22H36O3. The van der Waals surface area contributed by atoms with E-state index in [1.54, 1.807) is 19.8 Å². The second-order valence-corrected chi connectivity index (χ2v) is 9.44. The van der Waals surface area contributed by atoms with E-state index in [0.717, 1.165) is 37.5 Å². The molecule has 0 bridgehead atoms. The summed E-state index contributed by atoms with van der Waals surface area (Å²) >= 11 is 0. The molecule has 0 radical (unpaired) electrons. The van der Waals surface area contributed by atoms with Crippen LogP contribution in [0.4, 0.5) is 0 Å². The Morgan fingerprint density at radius 3 is 2.36 bits per heavy atom. The van der Waals surface area contributed by atoms with Crippen molar-refractivity contribution in [2.24, 2.45) is 35.0 Å². The maximum atomic E-state index is 11.1. The van der Waals surface area contributed by atoms with E-state index in [0.29, 0.717) is 23.2 Å². The number of rotatable bonds is 2. The van der Waals surface area contributed by atoms with Crippen molar-refractivity contribution in [2.75, 3.05) is 14.2 Å². The van der Waals surface area contributed by atoms with E-state index >= 15 is 0 Å². The molecule has 0 aromatic heterocycles. The van der Waals surface area contributed by atoms with Gasteiger partial charge in [-0.2, -0.15) is 0 Å². The van der Waals surface area contributed by atoms with Crippen molar-refractivity contribution in [2.45, 2.75) is 77.1 Å². The lowest BCUT2D eigenvalue weighted by atomic mass is 9.49. The van der Waals surface area contributed by atoms with E-state index in [1.165, 1.54) is 25.7 Å². The summed E-state index contributed by atoms with van der Waals surface area (Å²) in [5, 5.41) is 11.1. The Labute approximate surface area is 153 Å². The molecule has 0 aliphatic heterocycles. The number of hydrogen-bond acceptors (Lipinski definition) is 3. The molecule has 7 atom stereocenters. The number of methoxy groups -OCH3 is 2. The Kier molecular flexibility index (Phi) is 4.57. The van der Waals surface area contributed by atoms with Gasteiger partial charge in [-0.25, -0.2) is 0 Å². The number of aliphatic hydroxyl groups excluding tert-OH is 1. The summed E-state index contributed by atoms with van der Waals surface area (Å²) in [5.41, 5.74) is 2.09. The van der Waals surface area contributed by atoms with Crippen molar-refractivity contribution in [3.8, 4) is 0 Å². The third-order valence-corrected chi connectivity index (χ3v) is 8.95. The molecule has 142 valence electrons. The minimum Gasteiger partial charge on any atom is -0.393 e. The first-order valence-corrected chi connectivity index (χ1v) is 10.4. The SMILES string of the molecule is C/C=C1/CC[C@H]2[C@@H]3C[C@H](O)[C@@H]4CC(OC)(OC)CC[C@@H]4[C@H]3CC[C@]12C. The van der Waals surface area contributed by atoms with Crippen LogP contribution in [0.5, 0.6) is 0 Å². The van der Waals surface area contributed by atoms with E-state index in [-0.39, 0.29) is 6.10 Å². The molecule has 0 aromatic rings. The van der Waals surface area contributed by atoms with Crippen LogP contribution in [0.15, 0.2) is 11.6 Å². The van der Waals surface area contributed by atoms with Gasteiger partial charge in [0.25, 0.3) is 0 Å². The maximum Gasteiger partial charge on any atom is 0.167 e. The summed E-state index contributed by atoms with van der Waals surface area (Å²) in [5.74, 6) is 2.83. The van der Waals surface area contributed by atoms with Crippen molar-refractivity contribution < 1.29 is 14.6 Å². The molecule has 0 saturated heterocycles. The highest BCUT2D eigenvalue weighted by atomic mass is 16.7. The van der Waals surface area contributed by atoms with E-state index in [4.69, 9.17) is 9.47 Å². The summed E-state index contributed by atoms with van der Waals surface area (Å²) in [6.07, 6.45) is 11.5. The molecule has 4 saturated carbocycles. The van der Waals surface area contributed by atoms with Crippen LogP contribution in [0.25, 0.3) is 0 Å². The standard InChI is InChI=1S/C22H36O3/c1-5-14-6-7-19-17-12-20(23)18-13-22(24-3,25-4)11-9-16(18)15(17)8-10-21(14,19)2/h5,15-20,23H,6-13H2,1-4H3/b14-5-/t15-,16-,17-,18-,19+,20+,21-/m1/s1. The van der Waals surface area contributed by atoms with Gasteiger partial charge in [0.2, 0.25) is 0 Å². The molecule has 25 heavy (non-hydrogen) atoms. The summed E-state index contributed by atoms with van der Waals surface area (Å²) in [7, 11) is 3.51. The normalized spacial score (nSPS) is 50.2. The summed E-state index contributed by atoms with van der Waals surface area (Å²) in [6.45, 7) is 4.73. The van der Waals surface area contributed by atoms with E-state index in [2.05, 4.69) is 19.9 Å². The van der Waals surface area contributed by atoms with Gasteiger partial charge < -0.3 is 14.6 Å². The third-order valence-electron chi connectivity index (χ3n) is 8.95. The highest BCUT2D eigenvalue weighted by Gasteiger charge is 2.58. The number of allylic oxidation sites excluding steroid dienone is 2. The zero-order chi connectivity index (χ0) is 17.8. The molecular weight excluding hydrogens is 312 g/mol. The lowest BCUT2D eigenvalue weighted by molar-refractivity contribution is -0.256. The third kappa shape index (κ3) is 2.56. The first-order chi connectivity index (χ1) is 12.0. The van der Waals surface area contributed by atoms with Crippen molar-refractivity contribution in [1.29, 1.82) is 0 Å². The van der Waals surface area contributed by atoms with Crippen LogP contribution in [0.3, 0.4) is 0 Å². The maximum absolute atomic E-state index is 11.1. The molecule has 4 aliphatic rings. The van der Waals surface area contributed by atoms with Gasteiger partial charge >= 0.3 is 0 Å². The first kappa shape index (κ1) is 18.0. The summed E-state index contributed by atoms with van der Waals surface area (Å²) in [4.78, 5) is 0. The minimum atomic E-state index is -0.469. The van der Waals surface area contributed by atoms with Crippen molar-refractivity contribution >= 4 is 0 Å². The van der Waals surface area contributed by atoms with Gasteiger partial charge in [0.05, 0.1) is 6.10 Å². The van der Waals surface area contributed by atoms with Gasteiger partial charge in [-0.1, -0.05) is 18.6 Å². The van der Waals surface area contributed by atoms with Crippen molar-refractivity contribution in [3.05, 3.63) is 11.6 Å². The van der Waals surface area contributed by atoms with Gasteiger partial charge in [-0.3, -0.25) is 0 Å². The number of ether oxygens (including phenoxy) is 2. The average molecular weight is 349 g/mol. The predicted octanol–water partition coefficient (Wildman–Crippen LogP) is 4.55. The Balaban J connectivity index is 1.59. The average Bonchev–Trinajstić information content (AvgIpc) is 2.98. The van der Waals surface area contributed by atoms with Crippen LogP contribution in [0.2, 0.25) is 0 Å². The monoisotopic (exact) mass is 348 g/mol. The quantitative estimate of drug-likeness (QED) is 0.588. The van der Waals surface area contributed by atoms with Crippen LogP contribution in [-0.4, -0.2) is 31.2 Å². The fraction of sp³-hybridized carbons (Fsp3) is 0.909. The molecule has 4 fully saturated rings. The molecule has 3 nitrogen and oxygen atoms in total. The zero-order valence-electron chi connectivity index (χ0n) is 16.5. The topological polar surface area (TPSA) is 38.7 Å². The Hall–Kier alpha value is -0.380. The second-order valence-electron chi connectivity index (χ2n) is 9.44. The molecule has 0 amide bonds. The number of aliphatic hydroxyl groups is 1. The fourth-order valence-electron chi connectivity index (χ4n) is 7.58. The smallest absolute Gasteiger partial charge is 0.167 e. The number of hydrogen-bond donors (Lipinski definition) is 1. The van der Waals surface area contributed by atoms with E-state index < -0.39 is 5.79 Å². The van der Waals surface area contributed by atoms with Crippen LogP contribution in [0, 0.1) is 35.0 Å². The van der Waals surface area contributed by atoms with E-state index in [1.807, 2.05) is 0 Å². The minimum absolute atomic E-state index is 0.187. The molecule has 1 N–H and O–H groups in total. The molecule has 0 spiro atoms. The summed E-state index contributed by atoms with van der Waals surface area (Å²) in [6, 6.07) is 0. The van der Waals surface area contributed by atoms with Crippen LogP contribution in [0.1, 0.15) is 65.2 Å². The Morgan fingerprint density at radius 1 is 1.00 bits per heavy atom. The Morgan fingerprint density at radius 2 is 1.68 bits per heavy atom. The molecule has 0 heterocycles. The predicted molar refractivity (Wildman–Crippen MR) is 99.0 cm³/mol. The van der Waals surface area contributed by atoms with Crippen LogP contribution < -0.4 is 0 Å². The lowest BCUT2D eigenvalue weighted by Crippen LogP contribution is -2.55. The van der Waals surface area contributed by atoms with Gasteiger partial charge in [-0.15, -0.1) is 0 Å². The lowest BCUT2D eigenvalue weighted by Gasteiger charge is -2.58. The summed E-state index contributed by atoms with van der Waals surface area (Å²) < 4.78 is 11.5. The molecule has 3 heteroatoms. The fourth-order valence-corrected chi connectivity index (χ4v) is 7.58. The van der Waals surface area contributed by atoms with Gasteiger partial charge in [0.1, 0.15) is 0 Å². The molecule has 0 unspecified atom stereocenters. The number of fused-ring (bicyclic) bond motifs is 5. The zero-order valence-corrected chi connectivity index (χ0v) is 16.5. The largest absolute Gasteiger partial charge is 0.393 e. The van der Waals surface area contributed by atoms with Crippen LogP contribution in [-0.2, 0) is 9.47 Å². The van der Waals surface area contributed by atoms with Crippen molar-refractivity contribution in [1.82, 2.24) is 0 Å². The van der Waals surface area contributed by atoms with Crippen molar-refractivity contribution in [3.63, 3.8) is 0 Å². The molecule has 4 rings (SSSR count). The highest BCUT2D eigenvalue weighted by molar-refractivity contribution is 5.23. The Bertz CT molecular complexity index is 537. The second kappa shape index (κ2) is 6.35. The van der Waals surface area contributed by atoms with E-state index in [9.17, 15) is 5.11 Å².